The van der Waals surface area contributed by atoms with Crippen LogP contribution >= 0.6 is 0 Å². The minimum absolute atomic E-state index is 0.00231. The average Bonchev–Trinajstić information content (AvgIpc) is 2.39. The number of nitrogens with zero attached hydrogens (tertiary/aromatic N) is 1. The lowest BCUT2D eigenvalue weighted by Gasteiger charge is -2.31. The molecule has 1 aromatic rings. The molecule has 0 amide bonds. The van der Waals surface area contributed by atoms with Crippen molar-refractivity contribution in [2.75, 3.05) is 26.2 Å². The van der Waals surface area contributed by atoms with Crippen molar-refractivity contribution < 1.29 is 4.79 Å². The van der Waals surface area contributed by atoms with Crippen molar-refractivity contribution in [2.24, 2.45) is 5.73 Å². The Kier molecular flexibility index (Phi) is 3.66. The number of ketones is 1. The number of hydrogen-bond acceptors (Lipinski definition) is 4. The summed E-state index contributed by atoms with van der Waals surface area (Å²) in [4.78, 5) is 14.1. The molecule has 1 aliphatic heterocycles. The van der Waals surface area contributed by atoms with E-state index in [1.54, 1.807) is 0 Å². The van der Waals surface area contributed by atoms with E-state index in [1.807, 2.05) is 35.2 Å². The molecule has 86 valence electrons. The maximum atomic E-state index is 12.1. The minimum atomic E-state index is -0.510. The Morgan fingerprint density at radius 1 is 1.25 bits per heavy atom. The highest BCUT2D eigenvalue weighted by Crippen LogP contribution is 2.06. The number of Topliss-reactive ketones (excluding diaryl/α,β-unsaturated/α-hetero) is 1. The molecule has 2 rings (SSSR count). The monoisotopic (exact) mass is 219 g/mol. The molecule has 1 heterocycles. The lowest BCUT2D eigenvalue weighted by molar-refractivity contribution is 0.0804. The van der Waals surface area contributed by atoms with Gasteiger partial charge in [0.1, 0.15) is 6.17 Å². The van der Waals surface area contributed by atoms with Crippen LogP contribution in [0, 0.1) is 0 Å². The summed E-state index contributed by atoms with van der Waals surface area (Å²) in [6.07, 6.45) is -0.510. The molecule has 1 saturated heterocycles. The lowest BCUT2D eigenvalue weighted by Crippen LogP contribution is -2.55. The first-order valence-electron chi connectivity index (χ1n) is 5.58. The van der Waals surface area contributed by atoms with E-state index in [2.05, 4.69) is 5.32 Å². The molecule has 1 atom stereocenters. The molecule has 3 N–H and O–H groups in total. The third kappa shape index (κ3) is 2.47. The van der Waals surface area contributed by atoms with Crippen LogP contribution < -0.4 is 11.1 Å². The summed E-state index contributed by atoms with van der Waals surface area (Å²) in [7, 11) is 0. The second-order valence-electron chi connectivity index (χ2n) is 3.96. The number of hydrogen-bond donors (Lipinski definition) is 2. The molecule has 1 unspecified atom stereocenters. The Hall–Kier alpha value is -1.23. The highest BCUT2D eigenvalue weighted by molar-refractivity contribution is 5.99. The second-order valence-corrected chi connectivity index (χ2v) is 3.96. The number of piperazine rings is 1. The third-order valence-electron chi connectivity index (χ3n) is 2.87. The Bertz CT molecular complexity index is 347. The molecule has 1 fully saturated rings. The van der Waals surface area contributed by atoms with E-state index in [4.69, 9.17) is 5.73 Å². The van der Waals surface area contributed by atoms with Gasteiger partial charge in [0.2, 0.25) is 0 Å². The van der Waals surface area contributed by atoms with Gasteiger partial charge in [-0.3, -0.25) is 9.69 Å². The van der Waals surface area contributed by atoms with Gasteiger partial charge in [-0.25, -0.2) is 0 Å². The molecule has 0 spiro atoms. The van der Waals surface area contributed by atoms with Crippen molar-refractivity contribution in [2.45, 2.75) is 6.17 Å². The maximum absolute atomic E-state index is 12.1. The number of rotatable bonds is 3. The third-order valence-corrected chi connectivity index (χ3v) is 2.87. The van der Waals surface area contributed by atoms with Crippen LogP contribution in [0.1, 0.15) is 10.4 Å². The van der Waals surface area contributed by atoms with Gasteiger partial charge in [0.15, 0.2) is 5.78 Å². The first-order chi connectivity index (χ1) is 7.79. The molecular weight excluding hydrogens is 202 g/mol. The maximum Gasteiger partial charge on any atom is 0.194 e. The Morgan fingerprint density at radius 2 is 1.88 bits per heavy atom. The topological polar surface area (TPSA) is 58.4 Å². The van der Waals surface area contributed by atoms with E-state index >= 15 is 0 Å². The van der Waals surface area contributed by atoms with Crippen molar-refractivity contribution in [1.29, 1.82) is 0 Å². The SMILES string of the molecule is NC(C(=O)c1ccccc1)N1CCNCC1. The van der Waals surface area contributed by atoms with Crippen molar-refractivity contribution in [3.8, 4) is 0 Å². The van der Waals surface area contributed by atoms with Crippen molar-refractivity contribution in [1.82, 2.24) is 10.2 Å². The molecule has 1 aliphatic rings. The van der Waals surface area contributed by atoms with Gasteiger partial charge in [0.05, 0.1) is 0 Å². The second kappa shape index (κ2) is 5.21. The van der Waals surface area contributed by atoms with Crippen molar-refractivity contribution in [3.63, 3.8) is 0 Å². The number of nitrogens with two attached hydrogens (primary N) is 1. The summed E-state index contributed by atoms with van der Waals surface area (Å²) in [5, 5.41) is 3.24. The Morgan fingerprint density at radius 3 is 2.50 bits per heavy atom. The van der Waals surface area contributed by atoms with Crippen molar-refractivity contribution in [3.05, 3.63) is 35.9 Å². The van der Waals surface area contributed by atoms with Crippen LogP contribution in [0.15, 0.2) is 30.3 Å². The zero-order valence-electron chi connectivity index (χ0n) is 9.23. The van der Waals surface area contributed by atoms with Crippen LogP contribution in [0.2, 0.25) is 0 Å². The molecule has 0 saturated carbocycles. The van der Waals surface area contributed by atoms with Crippen LogP contribution in [0.3, 0.4) is 0 Å². The highest BCUT2D eigenvalue weighted by atomic mass is 16.1. The fourth-order valence-electron chi connectivity index (χ4n) is 1.90. The Labute approximate surface area is 95.4 Å². The van der Waals surface area contributed by atoms with Crippen LogP contribution in [-0.2, 0) is 0 Å². The van der Waals surface area contributed by atoms with Gasteiger partial charge in [0.25, 0.3) is 0 Å². The molecule has 0 radical (unpaired) electrons. The van der Waals surface area contributed by atoms with E-state index in [0.717, 1.165) is 26.2 Å². The highest BCUT2D eigenvalue weighted by Gasteiger charge is 2.23. The molecule has 16 heavy (non-hydrogen) atoms. The van der Waals surface area contributed by atoms with Crippen LogP contribution in [0.5, 0.6) is 0 Å². The fourth-order valence-corrected chi connectivity index (χ4v) is 1.90. The number of benzene rings is 1. The largest absolute Gasteiger partial charge is 0.314 e. The van der Waals surface area contributed by atoms with Gasteiger partial charge < -0.3 is 11.1 Å². The van der Waals surface area contributed by atoms with Gasteiger partial charge in [-0.1, -0.05) is 30.3 Å². The summed E-state index contributed by atoms with van der Waals surface area (Å²) in [6.45, 7) is 3.46. The summed E-state index contributed by atoms with van der Waals surface area (Å²) in [5.74, 6) is 0.00231. The zero-order chi connectivity index (χ0) is 11.4. The van der Waals surface area contributed by atoms with Gasteiger partial charge in [-0.05, 0) is 0 Å². The molecule has 4 nitrogen and oxygen atoms in total. The summed E-state index contributed by atoms with van der Waals surface area (Å²) in [5.41, 5.74) is 6.66. The summed E-state index contributed by atoms with van der Waals surface area (Å²) < 4.78 is 0. The fraction of sp³-hybridized carbons (Fsp3) is 0.417. The van der Waals surface area contributed by atoms with Gasteiger partial charge in [0, 0.05) is 31.7 Å². The lowest BCUT2D eigenvalue weighted by atomic mass is 10.1. The quantitative estimate of drug-likeness (QED) is 0.706. The molecule has 0 aliphatic carbocycles. The van der Waals surface area contributed by atoms with Crippen LogP contribution in [-0.4, -0.2) is 43.0 Å². The van der Waals surface area contributed by atoms with E-state index in [9.17, 15) is 4.79 Å². The summed E-state index contributed by atoms with van der Waals surface area (Å²) in [6, 6.07) is 9.23. The van der Waals surface area contributed by atoms with Gasteiger partial charge in [-0.15, -0.1) is 0 Å². The van der Waals surface area contributed by atoms with Crippen LogP contribution in [0.25, 0.3) is 0 Å². The smallest absolute Gasteiger partial charge is 0.194 e. The van der Waals surface area contributed by atoms with E-state index in [1.165, 1.54) is 0 Å². The van der Waals surface area contributed by atoms with Gasteiger partial charge >= 0.3 is 0 Å². The Balaban J connectivity index is 2.04. The molecule has 4 heteroatoms. The predicted molar refractivity (Wildman–Crippen MR) is 63.2 cm³/mol. The predicted octanol–water partition coefficient (Wildman–Crippen LogP) is 0.0593. The molecule has 1 aromatic carbocycles. The van der Waals surface area contributed by atoms with Crippen LogP contribution in [0.4, 0.5) is 0 Å². The zero-order valence-corrected chi connectivity index (χ0v) is 9.23. The number of carbonyl (C=O) groups is 1. The minimum Gasteiger partial charge on any atom is -0.314 e. The number of nitrogens with one attached hydrogen (secondary N) is 1. The molecule has 0 aromatic heterocycles. The number of carbonyl (C=O) groups excluding carboxylic acids is 1. The normalized spacial score (nSPS) is 19.3. The molecular formula is C12H17N3O. The summed E-state index contributed by atoms with van der Waals surface area (Å²) >= 11 is 0. The average molecular weight is 219 g/mol. The van der Waals surface area contributed by atoms with E-state index in [-0.39, 0.29) is 5.78 Å². The first kappa shape index (κ1) is 11.3. The molecule has 0 bridgehead atoms. The first-order valence-corrected chi connectivity index (χ1v) is 5.58. The standard InChI is InChI=1S/C12H17N3O/c13-12(15-8-6-14-7-9-15)11(16)10-4-2-1-3-5-10/h1-5,12,14H,6-9,13H2. The van der Waals surface area contributed by atoms with Gasteiger partial charge in [-0.2, -0.15) is 0 Å². The van der Waals surface area contributed by atoms with E-state index < -0.39 is 6.17 Å². The van der Waals surface area contributed by atoms with E-state index in [0.29, 0.717) is 5.56 Å². The van der Waals surface area contributed by atoms with Crippen molar-refractivity contribution >= 4 is 5.78 Å².